The molecule has 0 bridgehead atoms. The molecule has 3 heterocycles. The van der Waals surface area contributed by atoms with E-state index in [9.17, 15) is 4.79 Å². The summed E-state index contributed by atoms with van der Waals surface area (Å²) in [5.74, 6) is 0.387. The Bertz CT molecular complexity index is 787. The monoisotopic (exact) mass is 312 g/mol. The second-order valence-electron chi connectivity index (χ2n) is 6.42. The molecule has 23 heavy (non-hydrogen) atoms. The molecule has 1 aromatic heterocycles. The van der Waals surface area contributed by atoms with E-state index in [0.29, 0.717) is 24.7 Å². The van der Waals surface area contributed by atoms with E-state index >= 15 is 0 Å². The molecule has 1 spiro atoms. The van der Waals surface area contributed by atoms with Gasteiger partial charge in [0.15, 0.2) is 11.7 Å². The Morgan fingerprint density at radius 3 is 2.74 bits per heavy atom. The van der Waals surface area contributed by atoms with E-state index in [-0.39, 0.29) is 11.4 Å². The van der Waals surface area contributed by atoms with E-state index in [1.807, 2.05) is 36.2 Å². The van der Waals surface area contributed by atoms with E-state index < -0.39 is 0 Å². The molecule has 0 aliphatic carbocycles. The summed E-state index contributed by atoms with van der Waals surface area (Å²) in [6.45, 7) is 2.14. The lowest BCUT2D eigenvalue weighted by Crippen LogP contribution is -2.53. The second kappa shape index (κ2) is 4.97. The molecule has 2 saturated heterocycles. The third-order valence-corrected chi connectivity index (χ3v) is 4.96. The molecule has 1 amide bonds. The lowest BCUT2D eigenvalue weighted by atomic mass is 9.88. The average molecular weight is 312 g/mol. The number of nitrogens with zero attached hydrogens (tertiary/aromatic N) is 3. The maximum absolute atomic E-state index is 12.9. The lowest BCUT2D eigenvalue weighted by Gasteiger charge is -2.38. The maximum Gasteiger partial charge on any atom is 0.275 e. The average Bonchev–Trinajstić information content (AvgIpc) is 3.09. The van der Waals surface area contributed by atoms with Gasteiger partial charge in [0.25, 0.3) is 5.91 Å². The number of piperidine rings is 1. The molecule has 2 aliphatic rings. The number of amides is 1. The predicted molar refractivity (Wildman–Crippen MR) is 87.4 cm³/mol. The van der Waals surface area contributed by atoms with E-state index in [2.05, 4.69) is 15.7 Å². The highest BCUT2D eigenvalue weighted by Crippen LogP contribution is 2.26. The van der Waals surface area contributed by atoms with Crippen molar-refractivity contribution >= 4 is 22.8 Å². The third-order valence-electron chi connectivity index (χ3n) is 4.96. The smallest absolute Gasteiger partial charge is 0.275 e. The Balaban J connectivity index is 1.55. The molecule has 4 rings (SSSR count). The van der Waals surface area contributed by atoms with Crippen LogP contribution >= 0.6 is 0 Å². The normalized spacial score (nSPS) is 19.9. The number of para-hydroxylation sites is 1. The first-order valence-electron chi connectivity index (χ1n) is 7.90. The molecule has 7 nitrogen and oxygen atoms in total. The molecule has 3 N–H and O–H groups in total. The predicted octanol–water partition coefficient (Wildman–Crippen LogP) is 0.676. The van der Waals surface area contributed by atoms with Gasteiger partial charge in [-0.3, -0.25) is 14.9 Å². The molecule has 7 heteroatoms. The molecule has 1 aromatic carbocycles. The van der Waals surface area contributed by atoms with E-state index in [0.717, 1.165) is 30.3 Å². The van der Waals surface area contributed by atoms with Gasteiger partial charge in [-0.25, -0.2) is 0 Å². The van der Waals surface area contributed by atoms with Crippen LogP contribution in [0.4, 0.5) is 0 Å². The minimum atomic E-state index is -0.0694. The van der Waals surface area contributed by atoms with Crippen LogP contribution < -0.4 is 10.6 Å². The van der Waals surface area contributed by atoms with Crippen molar-refractivity contribution in [1.29, 1.82) is 5.41 Å². The zero-order chi connectivity index (χ0) is 16.0. The van der Waals surface area contributed by atoms with Gasteiger partial charge in [0.1, 0.15) is 0 Å². The van der Waals surface area contributed by atoms with Crippen LogP contribution in [-0.4, -0.2) is 51.7 Å². The van der Waals surface area contributed by atoms with Crippen molar-refractivity contribution in [1.82, 2.24) is 25.3 Å². The summed E-state index contributed by atoms with van der Waals surface area (Å²) in [6.07, 6.45) is 1.69. The molecule has 2 aliphatic heterocycles. The zero-order valence-electron chi connectivity index (χ0n) is 13.1. The minimum absolute atomic E-state index is 0.00215. The first-order chi connectivity index (χ1) is 11.1. The van der Waals surface area contributed by atoms with Crippen LogP contribution in [0.25, 0.3) is 10.9 Å². The topological polar surface area (TPSA) is 86.0 Å². The highest BCUT2D eigenvalue weighted by atomic mass is 16.2. The van der Waals surface area contributed by atoms with Crippen molar-refractivity contribution in [3.8, 4) is 0 Å². The number of benzene rings is 1. The number of hydrogen-bond acceptors (Lipinski definition) is 3. The number of carbonyl (C=O) groups excluding carboxylic acids is 1. The van der Waals surface area contributed by atoms with Gasteiger partial charge in [-0.2, -0.15) is 5.10 Å². The molecule has 0 unspecified atom stereocenters. The number of hydrogen-bond donors (Lipinski definition) is 3. The molecule has 2 aromatic rings. The fourth-order valence-corrected chi connectivity index (χ4v) is 3.57. The minimum Gasteiger partial charge on any atom is -0.354 e. The fraction of sp³-hybridized carbons (Fsp3) is 0.438. The van der Waals surface area contributed by atoms with E-state index in [4.69, 9.17) is 5.41 Å². The highest BCUT2D eigenvalue weighted by molar-refractivity contribution is 6.04. The number of likely N-dealkylation sites (tertiary alicyclic amines) is 1. The molecule has 0 radical (unpaired) electrons. The van der Waals surface area contributed by atoms with Crippen LogP contribution in [0.3, 0.4) is 0 Å². The second-order valence-corrected chi connectivity index (χ2v) is 6.42. The number of aryl methyl sites for hydroxylation is 1. The molecule has 2 fully saturated rings. The van der Waals surface area contributed by atoms with E-state index in [1.165, 1.54) is 0 Å². The van der Waals surface area contributed by atoms with Crippen molar-refractivity contribution in [3.63, 3.8) is 0 Å². The Morgan fingerprint density at radius 2 is 2.04 bits per heavy atom. The largest absolute Gasteiger partial charge is 0.354 e. The van der Waals surface area contributed by atoms with Gasteiger partial charge < -0.3 is 15.5 Å². The van der Waals surface area contributed by atoms with Crippen LogP contribution in [0, 0.1) is 5.41 Å². The number of rotatable bonds is 1. The Hall–Kier alpha value is -2.57. The third kappa shape index (κ3) is 2.23. The molecule has 0 saturated carbocycles. The zero-order valence-corrected chi connectivity index (χ0v) is 13.1. The van der Waals surface area contributed by atoms with Gasteiger partial charge in [0, 0.05) is 32.1 Å². The summed E-state index contributed by atoms with van der Waals surface area (Å²) in [5.41, 5.74) is 1.43. The van der Waals surface area contributed by atoms with Gasteiger partial charge in [-0.1, -0.05) is 18.2 Å². The summed E-state index contributed by atoms with van der Waals surface area (Å²) in [6, 6.07) is 7.82. The maximum atomic E-state index is 12.9. The summed E-state index contributed by atoms with van der Waals surface area (Å²) in [5, 5.41) is 19.2. The van der Waals surface area contributed by atoms with Crippen molar-refractivity contribution in [2.24, 2.45) is 7.05 Å². The number of fused-ring (bicyclic) bond motifs is 1. The Labute approximate surface area is 134 Å². The van der Waals surface area contributed by atoms with Crippen molar-refractivity contribution < 1.29 is 4.79 Å². The summed E-state index contributed by atoms with van der Waals surface area (Å²) >= 11 is 0. The van der Waals surface area contributed by atoms with Crippen molar-refractivity contribution in [3.05, 3.63) is 30.0 Å². The standard InChI is InChI=1S/C16H20N6O/c1-21-12-5-3-2-4-11(12)13(20-21)14(23)22-8-6-16(7-9-22)10-18-15(17)19-16/h2-5H,6-10H2,1H3,(H3,17,18,19). The molecular formula is C16H20N6O. The first-order valence-corrected chi connectivity index (χ1v) is 7.90. The van der Waals surface area contributed by atoms with Crippen LogP contribution in [0.2, 0.25) is 0 Å². The number of nitrogens with one attached hydrogen (secondary N) is 3. The van der Waals surface area contributed by atoms with Crippen LogP contribution in [-0.2, 0) is 7.05 Å². The first kappa shape index (κ1) is 14.0. The Morgan fingerprint density at radius 1 is 1.30 bits per heavy atom. The lowest BCUT2D eigenvalue weighted by molar-refractivity contribution is 0.0664. The molecular weight excluding hydrogens is 292 g/mol. The van der Waals surface area contributed by atoms with Crippen molar-refractivity contribution in [2.75, 3.05) is 19.6 Å². The highest BCUT2D eigenvalue weighted by Gasteiger charge is 2.40. The van der Waals surface area contributed by atoms with E-state index in [1.54, 1.807) is 4.68 Å². The molecule has 0 atom stereocenters. The number of carbonyl (C=O) groups is 1. The van der Waals surface area contributed by atoms with Crippen molar-refractivity contribution in [2.45, 2.75) is 18.4 Å². The summed E-state index contributed by atoms with van der Waals surface area (Å²) in [4.78, 5) is 14.7. The summed E-state index contributed by atoms with van der Waals surface area (Å²) < 4.78 is 1.76. The van der Waals surface area contributed by atoms with Crippen LogP contribution in [0.5, 0.6) is 0 Å². The van der Waals surface area contributed by atoms with Crippen LogP contribution in [0.15, 0.2) is 24.3 Å². The van der Waals surface area contributed by atoms with Gasteiger partial charge in [0.2, 0.25) is 0 Å². The summed E-state index contributed by atoms with van der Waals surface area (Å²) in [7, 11) is 1.87. The van der Waals surface area contributed by atoms with Gasteiger partial charge in [-0.15, -0.1) is 0 Å². The van der Waals surface area contributed by atoms with Gasteiger partial charge >= 0.3 is 0 Å². The van der Waals surface area contributed by atoms with Gasteiger partial charge in [0.05, 0.1) is 11.1 Å². The molecule has 120 valence electrons. The number of aromatic nitrogens is 2. The SMILES string of the molecule is Cn1nc(C(=O)N2CCC3(CC2)CNC(=N)N3)c2ccccc21. The Kier molecular flexibility index (Phi) is 3.04. The quantitative estimate of drug-likeness (QED) is 0.722. The van der Waals surface area contributed by atoms with Crippen LogP contribution in [0.1, 0.15) is 23.3 Å². The fourth-order valence-electron chi connectivity index (χ4n) is 3.57. The number of guanidine groups is 1. The van der Waals surface area contributed by atoms with Gasteiger partial charge in [-0.05, 0) is 18.9 Å².